The lowest BCUT2D eigenvalue weighted by Gasteiger charge is -2.23. The summed E-state index contributed by atoms with van der Waals surface area (Å²) in [6.07, 6.45) is 1.59. The fourth-order valence-corrected chi connectivity index (χ4v) is 2.59. The molecule has 0 aliphatic heterocycles. The molecule has 0 unspecified atom stereocenters. The highest BCUT2D eigenvalue weighted by atomic mass is 32.2. The van der Waals surface area contributed by atoms with Crippen molar-refractivity contribution in [3.8, 4) is 5.75 Å². The van der Waals surface area contributed by atoms with Gasteiger partial charge >= 0.3 is 10.1 Å². The van der Waals surface area contributed by atoms with Crippen LogP contribution in [0.15, 0.2) is 24.3 Å². The second kappa shape index (κ2) is 5.74. The molecule has 0 N–H and O–H groups in total. The third-order valence-corrected chi connectivity index (χ3v) is 4.55. The molecule has 0 aliphatic rings. The Hall–Kier alpha value is -1.03. The molecule has 3 nitrogen and oxygen atoms in total. The van der Waals surface area contributed by atoms with E-state index in [1.165, 1.54) is 5.56 Å². The molecule has 1 rings (SSSR count). The van der Waals surface area contributed by atoms with E-state index >= 15 is 0 Å². The Kier molecular flexibility index (Phi) is 4.79. The van der Waals surface area contributed by atoms with Gasteiger partial charge in [-0.3, -0.25) is 0 Å². The van der Waals surface area contributed by atoms with Crippen LogP contribution in [-0.2, 0) is 15.5 Å². The van der Waals surface area contributed by atoms with Crippen LogP contribution in [0.25, 0.3) is 0 Å². The fourth-order valence-electron chi connectivity index (χ4n) is 1.60. The van der Waals surface area contributed by atoms with Gasteiger partial charge in [-0.2, -0.15) is 8.42 Å². The van der Waals surface area contributed by atoms with E-state index in [1.807, 2.05) is 19.1 Å². The van der Waals surface area contributed by atoms with E-state index < -0.39 is 10.1 Å². The van der Waals surface area contributed by atoms with Gasteiger partial charge in [-0.05, 0) is 36.0 Å². The summed E-state index contributed by atoms with van der Waals surface area (Å²) in [6, 6.07) is 7.31. The van der Waals surface area contributed by atoms with Crippen LogP contribution in [0.1, 0.15) is 46.1 Å². The standard InChI is InChI=1S/C14H22O3S/c1-5-11-18(15,16)17-13-9-7-12(8-10-13)14(3,4)6-2/h7-10H,5-6,11H2,1-4H3. The normalized spacial score (nSPS) is 12.4. The summed E-state index contributed by atoms with van der Waals surface area (Å²) < 4.78 is 28.0. The van der Waals surface area contributed by atoms with E-state index in [4.69, 9.17) is 4.18 Å². The zero-order valence-corrected chi connectivity index (χ0v) is 12.4. The summed E-state index contributed by atoms with van der Waals surface area (Å²) in [5.41, 5.74) is 1.28. The summed E-state index contributed by atoms with van der Waals surface area (Å²) in [7, 11) is -3.44. The van der Waals surface area contributed by atoms with Crippen molar-refractivity contribution in [2.75, 3.05) is 5.75 Å². The number of hydrogen-bond donors (Lipinski definition) is 0. The second-order valence-corrected chi connectivity index (χ2v) is 6.80. The van der Waals surface area contributed by atoms with Crippen molar-refractivity contribution in [3.63, 3.8) is 0 Å². The molecule has 1 aromatic rings. The lowest BCUT2D eigenvalue weighted by atomic mass is 9.82. The predicted octanol–water partition coefficient (Wildman–Crippen LogP) is 3.49. The molecule has 0 bridgehead atoms. The van der Waals surface area contributed by atoms with Crippen molar-refractivity contribution in [1.82, 2.24) is 0 Å². The van der Waals surface area contributed by atoms with Gasteiger partial charge in [-0.15, -0.1) is 0 Å². The molecule has 0 saturated carbocycles. The second-order valence-electron chi connectivity index (χ2n) is 5.11. The summed E-state index contributed by atoms with van der Waals surface area (Å²) in [4.78, 5) is 0. The topological polar surface area (TPSA) is 43.4 Å². The van der Waals surface area contributed by atoms with Crippen LogP contribution >= 0.6 is 0 Å². The zero-order chi connectivity index (χ0) is 13.8. The Morgan fingerprint density at radius 3 is 2.11 bits per heavy atom. The van der Waals surface area contributed by atoms with Gasteiger partial charge < -0.3 is 4.18 Å². The van der Waals surface area contributed by atoms with Gasteiger partial charge in [0.05, 0.1) is 5.75 Å². The van der Waals surface area contributed by atoms with Gasteiger partial charge in [0.1, 0.15) is 5.75 Å². The van der Waals surface area contributed by atoms with Crippen LogP contribution in [-0.4, -0.2) is 14.2 Å². The van der Waals surface area contributed by atoms with Gasteiger partial charge in [0.2, 0.25) is 0 Å². The molecule has 0 fully saturated rings. The van der Waals surface area contributed by atoms with Crippen LogP contribution in [0.4, 0.5) is 0 Å². The average molecular weight is 270 g/mol. The van der Waals surface area contributed by atoms with Crippen LogP contribution < -0.4 is 4.18 Å². The molecular formula is C14H22O3S. The molecule has 1 aromatic carbocycles. The fraction of sp³-hybridized carbons (Fsp3) is 0.571. The number of benzene rings is 1. The third kappa shape index (κ3) is 4.02. The van der Waals surface area contributed by atoms with Gasteiger partial charge in [-0.1, -0.05) is 39.8 Å². The van der Waals surface area contributed by atoms with Crippen LogP contribution in [0.5, 0.6) is 5.75 Å². The van der Waals surface area contributed by atoms with Crippen molar-refractivity contribution < 1.29 is 12.6 Å². The molecule has 0 aromatic heterocycles. The van der Waals surface area contributed by atoms with E-state index in [2.05, 4.69) is 20.8 Å². The molecule has 0 saturated heterocycles. The van der Waals surface area contributed by atoms with Gasteiger partial charge in [0.25, 0.3) is 0 Å². The highest BCUT2D eigenvalue weighted by Gasteiger charge is 2.18. The van der Waals surface area contributed by atoms with Crippen molar-refractivity contribution in [1.29, 1.82) is 0 Å². The Morgan fingerprint density at radius 2 is 1.67 bits per heavy atom. The minimum absolute atomic E-state index is 0.0508. The third-order valence-electron chi connectivity index (χ3n) is 3.20. The first-order valence-electron chi connectivity index (χ1n) is 6.33. The van der Waals surface area contributed by atoms with Crippen LogP contribution in [0.2, 0.25) is 0 Å². The zero-order valence-electron chi connectivity index (χ0n) is 11.6. The number of hydrogen-bond acceptors (Lipinski definition) is 3. The molecule has 0 heterocycles. The lowest BCUT2D eigenvalue weighted by Crippen LogP contribution is -2.16. The van der Waals surface area contributed by atoms with E-state index in [0.29, 0.717) is 12.2 Å². The molecule has 0 aliphatic carbocycles. The van der Waals surface area contributed by atoms with Crippen molar-refractivity contribution >= 4 is 10.1 Å². The van der Waals surface area contributed by atoms with E-state index in [1.54, 1.807) is 12.1 Å². The Bertz CT molecular complexity index is 472. The maximum atomic E-state index is 11.5. The van der Waals surface area contributed by atoms with E-state index in [-0.39, 0.29) is 11.2 Å². The molecule has 0 radical (unpaired) electrons. The Balaban J connectivity index is 2.85. The maximum Gasteiger partial charge on any atom is 0.309 e. The summed E-state index contributed by atoms with van der Waals surface area (Å²) in [5, 5.41) is 0. The van der Waals surface area contributed by atoms with Crippen molar-refractivity contribution in [2.45, 2.75) is 46.0 Å². The minimum Gasteiger partial charge on any atom is -0.382 e. The molecular weight excluding hydrogens is 248 g/mol. The van der Waals surface area contributed by atoms with Crippen LogP contribution in [0, 0.1) is 0 Å². The summed E-state index contributed by atoms with van der Waals surface area (Å²) >= 11 is 0. The van der Waals surface area contributed by atoms with E-state index in [0.717, 1.165) is 6.42 Å². The van der Waals surface area contributed by atoms with E-state index in [9.17, 15) is 8.42 Å². The molecule has 0 spiro atoms. The molecule has 0 amide bonds. The molecule has 4 heteroatoms. The lowest BCUT2D eigenvalue weighted by molar-refractivity contribution is 0.482. The smallest absolute Gasteiger partial charge is 0.309 e. The van der Waals surface area contributed by atoms with Gasteiger partial charge in [-0.25, -0.2) is 0 Å². The predicted molar refractivity (Wildman–Crippen MR) is 74.5 cm³/mol. The molecule has 0 atom stereocenters. The Morgan fingerprint density at radius 1 is 1.11 bits per heavy atom. The molecule has 18 heavy (non-hydrogen) atoms. The van der Waals surface area contributed by atoms with Crippen molar-refractivity contribution in [3.05, 3.63) is 29.8 Å². The summed E-state index contributed by atoms with van der Waals surface area (Å²) in [6.45, 7) is 8.28. The maximum absolute atomic E-state index is 11.5. The highest BCUT2D eigenvalue weighted by Crippen LogP contribution is 2.28. The largest absolute Gasteiger partial charge is 0.382 e. The average Bonchev–Trinajstić information content (AvgIpc) is 2.29. The van der Waals surface area contributed by atoms with Gasteiger partial charge in [0, 0.05) is 0 Å². The first kappa shape index (κ1) is 15.0. The minimum atomic E-state index is -3.44. The first-order chi connectivity index (χ1) is 8.30. The number of rotatable bonds is 6. The van der Waals surface area contributed by atoms with Gasteiger partial charge in [0.15, 0.2) is 0 Å². The first-order valence-corrected chi connectivity index (χ1v) is 7.91. The van der Waals surface area contributed by atoms with Crippen molar-refractivity contribution in [2.24, 2.45) is 0 Å². The SMILES string of the molecule is CCCS(=O)(=O)Oc1ccc(C(C)(C)CC)cc1. The quantitative estimate of drug-likeness (QED) is 0.743. The Labute approximate surface area is 110 Å². The summed E-state index contributed by atoms with van der Waals surface area (Å²) in [5.74, 6) is 0.439. The molecule has 102 valence electrons. The monoisotopic (exact) mass is 270 g/mol. The highest BCUT2D eigenvalue weighted by molar-refractivity contribution is 7.87. The van der Waals surface area contributed by atoms with Crippen LogP contribution in [0.3, 0.4) is 0 Å².